The van der Waals surface area contributed by atoms with E-state index in [9.17, 15) is 10.2 Å². The number of benzene rings is 1. The molecule has 106 valence electrons. The SMILES string of the molecule is CCOc1cc(CNC2CCC(O)CC2)ccc1O. The lowest BCUT2D eigenvalue weighted by molar-refractivity contribution is 0.116. The second-order valence-electron chi connectivity index (χ2n) is 5.12. The number of rotatable bonds is 5. The molecule has 3 N–H and O–H groups in total. The zero-order valence-corrected chi connectivity index (χ0v) is 11.4. The van der Waals surface area contributed by atoms with Crippen molar-refractivity contribution in [3.63, 3.8) is 0 Å². The average Bonchev–Trinajstić information content (AvgIpc) is 2.42. The van der Waals surface area contributed by atoms with Crippen molar-refractivity contribution in [1.29, 1.82) is 0 Å². The van der Waals surface area contributed by atoms with Gasteiger partial charge in [0.1, 0.15) is 0 Å². The Hall–Kier alpha value is -1.26. The summed E-state index contributed by atoms with van der Waals surface area (Å²) in [5.74, 6) is 0.729. The van der Waals surface area contributed by atoms with Gasteiger partial charge >= 0.3 is 0 Å². The van der Waals surface area contributed by atoms with Gasteiger partial charge in [-0.05, 0) is 50.3 Å². The molecule has 0 saturated heterocycles. The van der Waals surface area contributed by atoms with Crippen molar-refractivity contribution in [3.8, 4) is 11.5 Å². The van der Waals surface area contributed by atoms with Crippen LogP contribution in [0.5, 0.6) is 11.5 Å². The molecule has 1 fully saturated rings. The quantitative estimate of drug-likeness (QED) is 0.763. The van der Waals surface area contributed by atoms with E-state index in [-0.39, 0.29) is 11.9 Å². The normalized spacial score (nSPS) is 23.3. The maximum atomic E-state index is 9.64. The minimum absolute atomic E-state index is 0.115. The molecule has 1 aliphatic carbocycles. The standard InChI is InChI=1S/C15H23NO3/c1-2-19-15-9-11(3-8-14(15)18)10-16-12-4-6-13(17)7-5-12/h3,8-9,12-13,16-18H,2,4-7,10H2,1H3. The van der Waals surface area contributed by atoms with Crippen molar-refractivity contribution < 1.29 is 14.9 Å². The van der Waals surface area contributed by atoms with Gasteiger partial charge < -0.3 is 20.3 Å². The van der Waals surface area contributed by atoms with Gasteiger partial charge in [0, 0.05) is 12.6 Å². The maximum absolute atomic E-state index is 9.64. The van der Waals surface area contributed by atoms with Gasteiger partial charge in [-0.15, -0.1) is 0 Å². The second-order valence-corrected chi connectivity index (χ2v) is 5.12. The third-order valence-electron chi connectivity index (χ3n) is 3.62. The first kappa shape index (κ1) is 14.2. The van der Waals surface area contributed by atoms with Gasteiger partial charge in [0.15, 0.2) is 11.5 Å². The van der Waals surface area contributed by atoms with Crippen LogP contribution < -0.4 is 10.1 Å². The minimum atomic E-state index is -0.115. The van der Waals surface area contributed by atoms with Gasteiger partial charge in [-0.3, -0.25) is 0 Å². The zero-order valence-electron chi connectivity index (χ0n) is 11.4. The lowest BCUT2D eigenvalue weighted by Gasteiger charge is -2.26. The number of nitrogens with one attached hydrogen (secondary N) is 1. The highest BCUT2D eigenvalue weighted by Crippen LogP contribution is 2.27. The molecule has 0 atom stereocenters. The lowest BCUT2D eigenvalue weighted by Crippen LogP contribution is -2.34. The number of aliphatic hydroxyl groups excluding tert-OH is 1. The number of hydrogen-bond donors (Lipinski definition) is 3. The number of phenols is 1. The largest absolute Gasteiger partial charge is 0.504 e. The van der Waals surface area contributed by atoms with E-state index in [0.717, 1.165) is 37.8 Å². The Labute approximate surface area is 114 Å². The van der Waals surface area contributed by atoms with E-state index in [1.54, 1.807) is 6.07 Å². The third-order valence-corrected chi connectivity index (χ3v) is 3.62. The maximum Gasteiger partial charge on any atom is 0.161 e. The van der Waals surface area contributed by atoms with Crippen LogP contribution in [-0.2, 0) is 6.54 Å². The van der Waals surface area contributed by atoms with Crippen LogP contribution in [0.15, 0.2) is 18.2 Å². The van der Waals surface area contributed by atoms with Crippen molar-refractivity contribution in [2.75, 3.05) is 6.61 Å². The van der Waals surface area contributed by atoms with Crippen LogP contribution in [0.3, 0.4) is 0 Å². The van der Waals surface area contributed by atoms with Gasteiger partial charge in [-0.25, -0.2) is 0 Å². The van der Waals surface area contributed by atoms with E-state index in [1.165, 1.54) is 0 Å². The van der Waals surface area contributed by atoms with Crippen molar-refractivity contribution in [2.24, 2.45) is 0 Å². The van der Waals surface area contributed by atoms with Crippen LogP contribution in [0.4, 0.5) is 0 Å². The zero-order chi connectivity index (χ0) is 13.7. The highest BCUT2D eigenvalue weighted by atomic mass is 16.5. The van der Waals surface area contributed by atoms with E-state index < -0.39 is 0 Å². The van der Waals surface area contributed by atoms with Gasteiger partial charge in [-0.1, -0.05) is 6.07 Å². The first-order valence-electron chi connectivity index (χ1n) is 7.05. The monoisotopic (exact) mass is 265 g/mol. The molecule has 0 bridgehead atoms. The topological polar surface area (TPSA) is 61.7 Å². The van der Waals surface area contributed by atoms with Crippen LogP contribution in [0.1, 0.15) is 38.2 Å². The van der Waals surface area contributed by atoms with Crippen LogP contribution in [0.25, 0.3) is 0 Å². The molecule has 1 saturated carbocycles. The number of aliphatic hydroxyl groups is 1. The predicted octanol–water partition coefficient (Wildman–Crippen LogP) is 2.18. The summed E-state index contributed by atoms with van der Waals surface area (Å²) in [5, 5.41) is 22.6. The Kier molecular flexibility index (Phi) is 5.05. The molecule has 4 nitrogen and oxygen atoms in total. The average molecular weight is 265 g/mol. The molecule has 0 unspecified atom stereocenters. The Morgan fingerprint density at radius 1 is 1.26 bits per heavy atom. The van der Waals surface area contributed by atoms with E-state index in [0.29, 0.717) is 18.4 Å². The summed E-state index contributed by atoms with van der Waals surface area (Å²) in [6.07, 6.45) is 3.71. The van der Waals surface area contributed by atoms with Gasteiger partial charge in [-0.2, -0.15) is 0 Å². The van der Waals surface area contributed by atoms with Gasteiger partial charge in [0.05, 0.1) is 12.7 Å². The van der Waals surface area contributed by atoms with Crippen molar-refractivity contribution in [2.45, 2.75) is 51.3 Å². The molecule has 1 aliphatic rings. The summed E-state index contributed by atoms with van der Waals surface area (Å²) in [5.41, 5.74) is 1.10. The van der Waals surface area contributed by atoms with Crippen molar-refractivity contribution in [3.05, 3.63) is 23.8 Å². The first-order valence-corrected chi connectivity index (χ1v) is 7.05. The summed E-state index contributed by atoms with van der Waals surface area (Å²) >= 11 is 0. The van der Waals surface area contributed by atoms with Crippen LogP contribution in [-0.4, -0.2) is 29.0 Å². The molecule has 19 heavy (non-hydrogen) atoms. The molecule has 4 heteroatoms. The Balaban J connectivity index is 1.87. The smallest absolute Gasteiger partial charge is 0.161 e. The van der Waals surface area contributed by atoms with E-state index >= 15 is 0 Å². The van der Waals surface area contributed by atoms with E-state index in [1.807, 2.05) is 19.1 Å². The van der Waals surface area contributed by atoms with Gasteiger partial charge in [0.2, 0.25) is 0 Å². The molecular weight excluding hydrogens is 242 g/mol. The molecule has 0 radical (unpaired) electrons. The molecule has 2 rings (SSSR count). The fourth-order valence-corrected chi connectivity index (χ4v) is 2.48. The summed E-state index contributed by atoms with van der Waals surface area (Å²) in [4.78, 5) is 0. The molecule has 0 aromatic heterocycles. The lowest BCUT2D eigenvalue weighted by atomic mass is 9.93. The number of ether oxygens (including phenoxy) is 1. The predicted molar refractivity (Wildman–Crippen MR) is 74.4 cm³/mol. The highest BCUT2D eigenvalue weighted by Gasteiger charge is 2.18. The second kappa shape index (κ2) is 6.78. The minimum Gasteiger partial charge on any atom is -0.504 e. The number of phenolic OH excluding ortho intramolecular Hbond substituents is 1. The number of aromatic hydroxyl groups is 1. The van der Waals surface area contributed by atoms with Crippen molar-refractivity contribution in [1.82, 2.24) is 5.32 Å². The molecule has 1 aromatic carbocycles. The molecule has 0 heterocycles. The third kappa shape index (κ3) is 4.11. The first-order chi connectivity index (χ1) is 9.19. The van der Waals surface area contributed by atoms with Gasteiger partial charge in [0.25, 0.3) is 0 Å². The fourth-order valence-electron chi connectivity index (χ4n) is 2.48. The summed E-state index contributed by atoms with van der Waals surface area (Å²) < 4.78 is 5.37. The van der Waals surface area contributed by atoms with Crippen LogP contribution >= 0.6 is 0 Å². The molecule has 0 aliphatic heterocycles. The Morgan fingerprint density at radius 2 is 2.00 bits per heavy atom. The number of hydrogen-bond acceptors (Lipinski definition) is 4. The van der Waals surface area contributed by atoms with Crippen LogP contribution in [0.2, 0.25) is 0 Å². The molecule has 0 spiro atoms. The highest BCUT2D eigenvalue weighted by molar-refractivity contribution is 5.41. The van der Waals surface area contributed by atoms with E-state index in [2.05, 4.69) is 5.32 Å². The summed E-state index contributed by atoms with van der Waals surface area (Å²) in [6.45, 7) is 3.21. The Bertz CT molecular complexity index is 400. The van der Waals surface area contributed by atoms with Crippen molar-refractivity contribution >= 4 is 0 Å². The summed E-state index contributed by atoms with van der Waals surface area (Å²) in [6, 6.07) is 5.94. The van der Waals surface area contributed by atoms with Crippen LogP contribution in [0, 0.1) is 0 Å². The van der Waals surface area contributed by atoms with E-state index in [4.69, 9.17) is 4.74 Å². The summed E-state index contributed by atoms with van der Waals surface area (Å²) in [7, 11) is 0. The molecule has 1 aromatic rings. The molecule has 0 amide bonds. The fraction of sp³-hybridized carbons (Fsp3) is 0.600. The molecular formula is C15H23NO3. The Morgan fingerprint density at radius 3 is 2.68 bits per heavy atom.